The highest BCUT2D eigenvalue weighted by Crippen LogP contribution is 2.31. The Labute approximate surface area is 130 Å². The van der Waals surface area contributed by atoms with Crippen LogP contribution < -0.4 is 11.1 Å². The van der Waals surface area contributed by atoms with Gasteiger partial charge in [-0.1, -0.05) is 60.7 Å². The Morgan fingerprint density at radius 2 is 1.55 bits per heavy atom. The van der Waals surface area contributed by atoms with E-state index in [2.05, 4.69) is 5.32 Å². The Hall–Kier alpha value is -2.30. The summed E-state index contributed by atoms with van der Waals surface area (Å²) in [7, 11) is 0. The zero-order chi connectivity index (χ0) is 16.0. The van der Waals surface area contributed by atoms with Gasteiger partial charge in [0.25, 0.3) is 0 Å². The predicted octanol–water partition coefficient (Wildman–Crippen LogP) is 1.64. The van der Waals surface area contributed by atoms with E-state index in [1.54, 1.807) is 6.92 Å². The van der Waals surface area contributed by atoms with Crippen LogP contribution in [0.4, 0.5) is 0 Å². The molecule has 0 fully saturated rings. The lowest BCUT2D eigenvalue weighted by atomic mass is 9.78. The third-order valence-corrected chi connectivity index (χ3v) is 3.67. The molecule has 0 heterocycles. The molecule has 2 aromatic rings. The van der Waals surface area contributed by atoms with Crippen molar-refractivity contribution in [3.63, 3.8) is 0 Å². The molecule has 0 aromatic heterocycles. The largest absolute Gasteiger partial charge is 0.324 e. The van der Waals surface area contributed by atoms with Crippen molar-refractivity contribution in [1.82, 2.24) is 5.32 Å². The van der Waals surface area contributed by atoms with Gasteiger partial charge in [-0.15, -0.1) is 0 Å². The van der Waals surface area contributed by atoms with Crippen LogP contribution in [0.25, 0.3) is 0 Å². The van der Waals surface area contributed by atoms with Crippen LogP contribution in [0.5, 0.6) is 0 Å². The van der Waals surface area contributed by atoms with Crippen LogP contribution in [-0.2, 0) is 15.1 Å². The molecule has 4 nitrogen and oxygen atoms in total. The van der Waals surface area contributed by atoms with Crippen molar-refractivity contribution in [3.8, 4) is 0 Å². The maximum absolute atomic E-state index is 12.8. The third-order valence-electron chi connectivity index (χ3n) is 3.67. The lowest BCUT2D eigenvalue weighted by molar-refractivity contribution is -0.123. The first-order valence-corrected chi connectivity index (χ1v) is 7.22. The monoisotopic (exact) mass is 296 g/mol. The summed E-state index contributed by atoms with van der Waals surface area (Å²) >= 11 is 0. The number of benzene rings is 2. The molecular formula is C18H20N2O2. The SMILES string of the molecule is C[C@@H](C=O)NC(C(=O)CN)(c1ccccc1)c1ccccc1. The molecule has 0 unspecified atom stereocenters. The molecule has 1 atom stereocenters. The molecule has 2 aromatic carbocycles. The normalized spacial score (nSPS) is 12.6. The fourth-order valence-corrected chi connectivity index (χ4v) is 2.64. The number of Topliss-reactive ketones (excluding diaryl/α,β-unsaturated/α-hetero) is 1. The van der Waals surface area contributed by atoms with E-state index in [1.165, 1.54) is 0 Å². The van der Waals surface area contributed by atoms with Gasteiger partial charge in [0.2, 0.25) is 0 Å². The fourth-order valence-electron chi connectivity index (χ4n) is 2.64. The number of nitrogens with one attached hydrogen (secondary N) is 1. The highest BCUT2D eigenvalue weighted by atomic mass is 16.1. The second-order valence-corrected chi connectivity index (χ2v) is 5.18. The molecule has 0 aliphatic heterocycles. The number of nitrogens with two attached hydrogens (primary N) is 1. The predicted molar refractivity (Wildman–Crippen MR) is 86.4 cm³/mol. The molecule has 114 valence electrons. The minimum Gasteiger partial charge on any atom is -0.324 e. The van der Waals surface area contributed by atoms with E-state index in [1.807, 2.05) is 60.7 Å². The first-order valence-electron chi connectivity index (χ1n) is 7.22. The molecule has 2 rings (SSSR count). The smallest absolute Gasteiger partial charge is 0.175 e. The Morgan fingerprint density at radius 3 is 1.91 bits per heavy atom. The Kier molecular flexibility index (Phi) is 5.20. The van der Waals surface area contributed by atoms with Crippen molar-refractivity contribution in [2.24, 2.45) is 5.73 Å². The summed E-state index contributed by atoms with van der Waals surface area (Å²) in [5.74, 6) is -0.182. The molecular weight excluding hydrogens is 276 g/mol. The maximum Gasteiger partial charge on any atom is 0.175 e. The first kappa shape index (κ1) is 16.1. The summed E-state index contributed by atoms with van der Waals surface area (Å²) in [6, 6.07) is 18.2. The zero-order valence-electron chi connectivity index (χ0n) is 12.5. The van der Waals surface area contributed by atoms with Crippen molar-refractivity contribution < 1.29 is 9.59 Å². The van der Waals surface area contributed by atoms with Crippen LogP contribution in [0.2, 0.25) is 0 Å². The molecule has 4 heteroatoms. The molecule has 3 N–H and O–H groups in total. The number of carbonyl (C=O) groups excluding carboxylic acids is 2. The lowest BCUT2D eigenvalue weighted by Gasteiger charge is -2.36. The minimum absolute atomic E-state index is 0.123. The van der Waals surface area contributed by atoms with Gasteiger partial charge in [0.1, 0.15) is 11.8 Å². The van der Waals surface area contributed by atoms with Gasteiger partial charge in [0.05, 0.1) is 12.6 Å². The second kappa shape index (κ2) is 7.11. The summed E-state index contributed by atoms with van der Waals surface area (Å²) in [6.45, 7) is 1.60. The molecule has 0 aliphatic rings. The number of hydrogen-bond donors (Lipinski definition) is 2. The van der Waals surface area contributed by atoms with E-state index in [-0.39, 0.29) is 12.3 Å². The van der Waals surface area contributed by atoms with Crippen LogP contribution in [0.1, 0.15) is 18.1 Å². The van der Waals surface area contributed by atoms with E-state index in [9.17, 15) is 9.59 Å². The van der Waals surface area contributed by atoms with Gasteiger partial charge >= 0.3 is 0 Å². The van der Waals surface area contributed by atoms with Crippen LogP contribution in [0.15, 0.2) is 60.7 Å². The van der Waals surface area contributed by atoms with E-state index in [0.29, 0.717) is 0 Å². The molecule has 0 bridgehead atoms. The molecule has 22 heavy (non-hydrogen) atoms. The Balaban J connectivity index is 2.69. The zero-order valence-corrected chi connectivity index (χ0v) is 12.5. The summed E-state index contributed by atoms with van der Waals surface area (Å²) in [5, 5.41) is 3.17. The van der Waals surface area contributed by atoms with E-state index >= 15 is 0 Å². The fraction of sp³-hybridized carbons (Fsp3) is 0.222. The Morgan fingerprint density at radius 1 is 1.09 bits per heavy atom. The summed E-state index contributed by atoms with van der Waals surface area (Å²) in [5.41, 5.74) is 6.08. The maximum atomic E-state index is 12.8. The van der Waals surface area contributed by atoms with E-state index < -0.39 is 11.6 Å². The number of carbonyl (C=O) groups is 2. The molecule has 0 spiro atoms. The van der Waals surface area contributed by atoms with Crippen molar-refractivity contribution >= 4 is 12.1 Å². The van der Waals surface area contributed by atoms with Gasteiger partial charge < -0.3 is 10.5 Å². The second-order valence-electron chi connectivity index (χ2n) is 5.18. The van der Waals surface area contributed by atoms with Crippen LogP contribution >= 0.6 is 0 Å². The van der Waals surface area contributed by atoms with Gasteiger partial charge in [-0.2, -0.15) is 0 Å². The van der Waals surface area contributed by atoms with E-state index in [0.717, 1.165) is 17.4 Å². The molecule has 0 aliphatic carbocycles. The van der Waals surface area contributed by atoms with Crippen LogP contribution in [-0.4, -0.2) is 24.7 Å². The summed E-state index contributed by atoms with van der Waals surface area (Å²) < 4.78 is 0. The average Bonchev–Trinajstić information content (AvgIpc) is 2.60. The highest BCUT2D eigenvalue weighted by molar-refractivity contribution is 5.95. The highest BCUT2D eigenvalue weighted by Gasteiger charge is 2.41. The van der Waals surface area contributed by atoms with Gasteiger partial charge in [-0.25, -0.2) is 0 Å². The number of hydrogen-bond acceptors (Lipinski definition) is 4. The van der Waals surface area contributed by atoms with Gasteiger partial charge in [-0.3, -0.25) is 10.1 Å². The Bertz CT molecular complexity index is 587. The van der Waals surface area contributed by atoms with Gasteiger partial charge in [0.15, 0.2) is 5.78 Å². The van der Waals surface area contributed by atoms with Crippen molar-refractivity contribution in [2.45, 2.75) is 18.5 Å². The average molecular weight is 296 g/mol. The quantitative estimate of drug-likeness (QED) is 0.762. The molecule has 0 radical (unpaired) electrons. The van der Waals surface area contributed by atoms with Gasteiger partial charge in [-0.05, 0) is 18.1 Å². The minimum atomic E-state index is -1.13. The number of rotatable bonds is 7. The van der Waals surface area contributed by atoms with Crippen LogP contribution in [0, 0.1) is 0 Å². The molecule has 0 saturated heterocycles. The van der Waals surface area contributed by atoms with Gasteiger partial charge in [0, 0.05) is 0 Å². The molecule has 0 amide bonds. The standard InChI is InChI=1S/C18H20N2O2/c1-14(13-21)20-18(17(22)12-19,15-8-4-2-5-9-15)16-10-6-3-7-11-16/h2-11,13-14,20H,12,19H2,1H3/t14-/m0/s1. The van der Waals surface area contributed by atoms with Crippen LogP contribution in [0.3, 0.4) is 0 Å². The first-order chi connectivity index (χ1) is 10.6. The van der Waals surface area contributed by atoms with Crippen molar-refractivity contribution in [2.75, 3.05) is 6.54 Å². The van der Waals surface area contributed by atoms with Crippen molar-refractivity contribution in [3.05, 3.63) is 71.8 Å². The number of aldehydes is 1. The van der Waals surface area contributed by atoms with E-state index in [4.69, 9.17) is 5.73 Å². The third kappa shape index (κ3) is 2.98. The topological polar surface area (TPSA) is 72.2 Å². The lowest BCUT2D eigenvalue weighted by Crippen LogP contribution is -2.55. The molecule has 0 saturated carbocycles. The van der Waals surface area contributed by atoms with Crippen molar-refractivity contribution in [1.29, 1.82) is 0 Å². The summed E-state index contributed by atoms with van der Waals surface area (Å²) in [4.78, 5) is 23.9. The number of ketones is 1. The summed E-state index contributed by atoms with van der Waals surface area (Å²) in [6.07, 6.45) is 0.782.